The predicted molar refractivity (Wildman–Crippen MR) is 116 cm³/mol. The number of hydrogen-bond donors (Lipinski definition) is 1. The molecule has 31 heavy (non-hydrogen) atoms. The molecule has 0 saturated heterocycles. The van der Waals surface area contributed by atoms with Crippen molar-refractivity contribution in [2.24, 2.45) is 0 Å². The van der Waals surface area contributed by atoms with Crippen LogP contribution in [0.5, 0.6) is 5.75 Å². The molecule has 4 rings (SSSR count). The zero-order valence-corrected chi connectivity index (χ0v) is 17.4. The van der Waals surface area contributed by atoms with Gasteiger partial charge in [-0.3, -0.25) is 9.59 Å². The number of allylic oxidation sites excluding steroid dienone is 2. The van der Waals surface area contributed by atoms with E-state index in [9.17, 15) is 9.59 Å². The highest BCUT2D eigenvalue weighted by Crippen LogP contribution is 2.50. The number of fused-ring (bicyclic) bond motifs is 1. The van der Waals surface area contributed by atoms with Gasteiger partial charge in [0.25, 0.3) is 0 Å². The minimum Gasteiger partial charge on any atom is -0.497 e. The van der Waals surface area contributed by atoms with Crippen molar-refractivity contribution in [2.45, 2.75) is 37.7 Å². The summed E-state index contributed by atoms with van der Waals surface area (Å²) in [6.07, 6.45) is 5.96. The lowest BCUT2D eigenvalue weighted by Gasteiger charge is -2.28. The van der Waals surface area contributed by atoms with E-state index < -0.39 is 17.4 Å². The summed E-state index contributed by atoms with van der Waals surface area (Å²) in [7, 11) is 1.56. The molecule has 0 aromatic heterocycles. The van der Waals surface area contributed by atoms with E-state index in [-0.39, 0.29) is 13.0 Å². The Balaban J connectivity index is 1.64. The highest BCUT2D eigenvalue weighted by Gasteiger charge is 2.52. The fourth-order valence-corrected chi connectivity index (χ4v) is 4.26. The molecular weight excluding hydrogens is 394 g/mol. The molecule has 0 saturated carbocycles. The number of carbonyl (C=O) groups excluding carboxylic acids is 2. The molecule has 1 aliphatic heterocycles. The van der Waals surface area contributed by atoms with Gasteiger partial charge in [-0.1, -0.05) is 48.6 Å². The molecule has 0 unspecified atom stereocenters. The number of nitrogen functional groups attached to an aromatic ring is 1. The van der Waals surface area contributed by atoms with E-state index in [1.54, 1.807) is 19.2 Å². The Bertz CT molecular complexity index is 1060. The van der Waals surface area contributed by atoms with Gasteiger partial charge in [-0.05, 0) is 36.5 Å². The number of cyclic esters (lactones) is 1. The Morgan fingerprint density at radius 2 is 2.00 bits per heavy atom. The molecule has 1 aliphatic carbocycles. The Hall–Kier alpha value is -3.54. The number of carbonyl (C=O) groups is 2. The first-order valence-corrected chi connectivity index (χ1v) is 10.3. The molecule has 160 valence electrons. The van der Waals surface area contributed by atoms with Crippen LogP contribution in [0, 0.1) is 0 Å². The highest BCUT2D eigenvalue weighted by molar-refractivity contribution is 5.95. The summed E-state index contributed by atoms with van der Waals surface area (Å²) in [5.41, 5.74) is 8.00. The van der Waals surface area contributed by atoms with Gasteiger partial charge >= 0.3 is 11.9 Å². The first-order chi connectivity index (χ1) is 15.0. The van der Waals surface area contributed by atoms with Crippen LogP contribution in [0.2, 0.25) is 0 Å². The zero-order chi connectivity index (χ0) is 21.8. The molecule has 2 aliphatic rings. The Labute approximate surface area is 181 Å². The van der Waals surface area contributed by atoms with Crippen LogP contribution in [-0.4, -0.2) is 19.0 Å². The molecule has 0 radical (unpaired) electrons. The Kier molecular flexibility index (Phi) is 5.80. The Morgan fingerprint density at radius 1 is 1.19 bits per heavy atom. The summed E-state index contributed by atoms with van der Waals surface area (Å²) in [6, 6.07) is 14.7. The van der Waals surface area contributed by atoms with Gasteiger partial charge in [0, 0.05) is 17.3 Å². The molecule has 0 amide bonds. The van der Waals surface area contributed by atoms with Gasteiger partial charge in [0.05, 0.1) is 7.11 Å². The van der Waals surface area contributed by atoms with E-state index in [4.69, 9.17) is 19.9 Å². The van der Waals surface area contributed by atoms with Crippen molar-refractivity contribution in [1.29, 1.82) is 0 Å². The minimum atomic E-state index is -1.03. The molecule has 0 bridgehead atoms. The molecule has 6 heteroatoms. The second-order valence-corrected chi connectivity index (χ2v) is 7.70. The molecule has 1 atom stereocenters. The van der Waals surface area contributed by atoms with Crippen LogP contribution in [0.25, 0.3) is 0 Å². The monoisotopic (exact) mass is 419 g/mol. The SMILES string of the molecule is COc1ccc([C@]23CCCC=CC2=C(CC(=O)OCc2ccccc2)OC3=O)c(N)c1. The van der Waals surface area contributed by atoms with Gasteiger partial charge in [-0.15, -0.1) is 0 Å². The maximum absolute atomic E-state index is 13.2. The van der Waals surface area contributed by atoms with Crippen molar-refractivity contribution < 1.29 is 23.8 Å². The predicted octanol–water partition coefficient (Wildman–Crippen LogP) is 4.20. The summed E-state index contributed by atoms with van der Waals surface area (Å²) in [5.74, 6) is 0.0897. The molecule has 2 N–H and O–H groups in total. The lowest BCUT2D eigenvalue weighted by molar-refractivity contribution is -0.146. The van der Waals surface area contributed by atoms with Crippen molar-refractivity contribution in [3.8, 4) is 5.75 Å². The van der Waals surface area contributed by atoms with E-state index in [0.717, 1.165) is 18.4 Å². The molecule has 2 aromatic rings. The van der Waals surface area contributed by atoms with Crippen LogP contribution in [-0.2, 0) is 31.1 Å². The molecule has 2 aromatic carbocycles. The van der Waals surface area contributed by atoms with Crippen molar-refractivity contribution in [1.82, 2.24) is 0 Å². The van der Waals surface area contributed by atoms with Crippen molar-refractivity contribution >= 4 is 17.6 Å². The van der Waals surface area contributed by atoms with Crippen molar-refractivity contribution in [2.75, 3.05) is 12.8 Å². The maximum Gasteiger partial charge on any atom is 0.326 e. The van der Waals surface area contributed by atoms with Gasteiger partial charge in [0.15, 0.2) is 0 Å². The number of benzene rings is 2. The smallest absolute Gasteiger partial charge is 0.326 e. The highest BCUT2D eigenvalue weighted by atomic mass is 16.6. The summed E-state index contributed by atoms with van der Waals surface area (Å²) in [4.78, 5) is 25.7. The number of nitrogens with two attached hydrogens (primary N) is 1. The van der Waals surface area contributed by atoms with Gasteiger partial charge in [0.1, 0.15) is 30.0 Å². The third kappa shape index (κ3) is 3.93. The largest absolute Gasteiger partial charge is 0.497 e. The fourth-order valence-electron chi connectivity index (χ4n) is 4.26. The van der Waals surface area contributed by atoms with Crippen LogP contribution in [0.1, 0.15) is 36.8 Å². The van der Waals surface area contributed by atoms with Gasteiger partial charge in [-0.25, -0.2) is 0 Å². The van der Waals surface area contributed by atoms with Crippen molar-refractivity contribution in [3.05, 3.63) is 83.1 Å². The maximum atomic E-state index is 13.2. The average molecular weight is 419 g/mol. The minimum absolute atomic E-state index is 0.115. The van der Waals surface area contributed by atoms with E-state index in [1.807, 2.05) is 48.6 Å². The van der Waals surface area contributed by atoms with Gasteiger partial charge in [-0.2, -0.15) is 0 Å². The molecule has 1 heterocycles. The van der Waals surface area contributed by atoms with E-state index in [0.29, 0.717) is 34.8 Å². The zero-order valence-electron chi connectivity index (χ0n) is 17.4. The average Bonchev–Trinajstić information content (AvgIpc) is 2.93. The van der Waals surface area contributed by atoms with Crippen LogP contribution < -0.4 is 10.5 Å². The van der Waals surface area contributed by atoms with E-state index >= 15 is 0 Å². The first kappa shape index (κ1) is 20.7. The topological polar surface area (TPSA) is 87.9 Å². The molecule has 0 fully saturated rings. The number of methoxy groups -OCH3 is 1. The number of rotatable bonds is 6. The molecule has 0 spiro atoms. The Morgan fingerprint density at radius 3 is 2.74 bits per heavy atom. The molecular formula is C25H25NO5. The lowest BCUT2D eigenvalue weighted by Crippen LogP contribution is -2.34. The van der Waals surface area contributed by atoms with Gasteiger partial charge < -0.3 is 19.9 Å². The lowest BCUT2D eigenvalue weighted by atomic mass is 9.71. The van der Waals surface area contributed by atoms with E-state index in [1.165, 1.54) is 0 Å². The van der Waals surface area contributed by atoms with Crippen molar-refractivity contribution in [3.63, 3.8) is 0 Å². The third-order valence-corrected chi connectivity index (χ3v) is 5.80. The number of hydrogen-bond acceptors (Lipinski definition) is 6. The summed E-state index contributed by atoms with van der Waals surface area (Å²) in [5, 5.41) is 0. The summed E-state index contributed by atoms with van der Waals surface area (Å²) in [6.45, 7) is 0.169. The normalized spacial score (nSPS) is 20.1. The first-order valence-electron chi connectivity index (χ1n) is 10.3. The van der Waals surface area contributed by atoms with Crippen LogP contribution in [0.3, 0.4) is 0 Å². The standard InChI is InChI=1S/C25H25NO5/c1-29-18-11-12-19(21(26)14-18)25-13-7-3-6-10-20(25)22(31-24(25)28)15-23(27)30-16-17-8-4-2-5-9-17/h2,4-6,8-12,14H,3,7,13,15-16,26H2,1H3/t25-/m1/s1. The van der Waals surface area contributed by atoms with E-state index in [2.05, 4.69) is 0 Å². The summed E-state index contributed by atoms with van der Waals surface area (Å²) >= 11 is 0. The second kappa shape index (κ2) is 8.68. The molecule has 6 nitrogen and oxygen atoms in total. The second-order valence-electron chi connectivity index (χ2n) is 7.70. The number of esters is 2. The fraction of sp³-hybridized carbons (Fsp3) is 0.280. The quantitative estimate of drug-likeness (QED) is 0.558. The van der Waals surface area contributed by atoms with Gasteiger partial charge in [0.2, 0.25) is 0 Å². The summed E-state index contributed by atoms with van der Waals surface area (Å²) < 4.78 is 16.3. The van der Waals surface area contributed by atoms with Crippen LogP contribution >= 0.6 is 0 Å². The van der Waals surface area contributed by atoms with Crippen LogP contribution in [0.4, 0.5) is 5.69 Å². The number of ether oxygens (including phenoxy) is 3. The number of anilines is 1. The van der Waals surface area contributed by atoms with Crippen LogP contribution in [0.15, 0.2) is 72.0 Å². The third-order valence-electron chi connectivity index (χ3n) is 5.80.